The summed E-state index contributed by atoms with van der Waals surface area (Å²) in [7, 11) is 1.86. The highest BCUT2D eigenvalue weighted by atomic mass is 35.5. The SMILES string of the molecule is Cl.Cn1c2cc(OCCCN)c(O)cc2c2c3c(c(-c4ccccc4Cl)cc21)C(=O)NC3=O. The van der Waals surface area contributed by atoms with E-state index in [0.29, 0.717) is 52.2 Å². The topological polar surface area (TPSA) is 107 Å². The number of ether oxygens (including phenoxy) is 1. The maximum atomic E-state index is 12.9. The van der Waals surface area contributed by atoms with Gasteiger partial charge in [-0.3, -0.25) is 14.9 Å². The van der Waals surface area contributed by atoms with Crippen LogP contribution in [0.2, 0.25) is 5.02 Å². The van der Waals surface area contributed by atoms with Crippen molar-refractivity contribution < 1.29 is 19.4 Å². The van der Waals surface area contributed by atoms with Crippen molar-refractivity contribution in [2.75, 3.05) is 13.2 Å². The Bertz CT molecular complexity index is 1450. The molecule has 0 saturated carbocycles. The van der Waals surface area contributed by atoms with Gasteiger partial charge >= 0.3 is 0 Å². The molecule has 2 heterocycles. The molecule has 0 saturated heterocycles. The second kappa shape index (κ2) is 8.59. The smallest absolute Gasteiger partial charge is 0.259 e. The van der Waals surface area contributed by atoms with E-state index in [1.165, 1.54) is 0 Å². The minimum atomic E-state index is -0.473. The predicted octanol–water partition coefficient (Wildman–Crippen LogP) is 4.39. The quantitative estimate of drug-likeness (QED) is 0.287. The normalized spacial score (nSPS) is 12.7. The van der Waals surface area contributed by atoms with Crippen molar-refractivity contribution in [1.82, 2.24) is 9.88 Å². The number of phenolic OH excluding ortho intramolecular Hbond substituents is 1. The minimum Gasteiger partial charge on any atom is -0.504 e. The third kappa shape index (κ3) is 3.49. The Kier molecular flexibility index (Phi) is 5.97. The molecule has 0 atom stereocenters. The fourth-order valence-corrected chi connectivity index (χ4v) is 4.57. The Labute approximate surface area is 200 Å². The molecular formula is C24H21Cl2N3O4. The van der Waals surface area contributed by atoms with Crippen LogP contribution in [-0.2, 0) is 7.05 Å². The number of imide groups is 1. The van der Waals surface area contributed by atoms with Crippen molar-refractivity contribution in [2.24, 2.45) is 12.8 Å². The van der Waals surface area contributed by atoms with Gasteiger partial charge in [0.05, 0.1) is 28.8 Å². The molecule has 0 radical (unpaired) electrons. The Morgan fingerprint density at radius 1 is 1.06 bits per heavy atom. The molecule has 7 nitrogen and oxygen atoms in total. The molecule has 1 aliphatic rings. The van der Waals surface area contributed by atoms with E-state index in [-0.39, 0.29) is 29.3 Å². The average Bonchev–Trinajstić information content (AvgIpc) is 3.21. The molecule has 33 heavy (non-hydrogen) atoms. The molecule has 4 N–H and O–H groups in total. The first kappa shape index (κ1) is 22.9. The second-order valence-electron chi connectivity index (χ2n) is 7.72. The van der Waals surface area contributed by atoms with Crippen LogP contribution < -0.4 is 15.8 Å². The van der Waals surface area contributed by atoms with E-state index in [4.69, 9.17) is 22.1 Å². The van der Waals surface area contributed by atoms with E-state index in [2.05, 4.69) is 5.32 Å². The van der Waals surface area contributed by atoms with Gasteiger partial charge in [-0.2, -0.15) is 0 Å². The Morgan fingerprint density at radius 3 is 2.52 bits per heavy atom. The van der Waals surface area contributed by atoms with Crippen LogP contribution in [0, 0.1) is 0 Å². The Balaban J connectivity index is 0.00000259. The summed E-state index contributed by atoms with van der Waals surface area (Å²) in [4.78, 5) is 25.6. The van der Waals surface area contributed by atoms with Crippen molar-refractivity contribution in [3.8, 4) is 22.6 Å². The summed E-state index contributed by atoms with van der Waals surface area (Å²) < 4.78 is 7.60. The monoisotopic (exact) mass is 485 g/mol. The van der Waals surface area contributed by atoms with Crippen LogP contribution in [0.15, 0.2) is 42.5 Å². The lowest BCUT2D eigenvalue weighted by Crippen LogP contribution is -2.20. The van der Waals surface area contributed by atoms with Gasteiger partial charge in [-0.05, 0) is 36.7 Å². The van der Waals surface area contributed by atoms with Crippen LogP contribution in [0.4, 0.5) is 0 Å². The zero-order valence-corrected chi connectivity index (χ0v) is 19.2. The molecule has 3 aromatic carbocycles. The van der Waals surface area contributed by atoms with Crippen molar-refractivity contribution in [3.05, 3.63) is 58.6 Å². The number of rotatable bonds is 5. The number of carbonyl (C=O) groups is 2. The summed E-state index contributed by atoms with van der Waals surface area (Å²) in [6.45, 7) is 0.861. The molecule has 4 aromatic rings. The number of phenols is 1. The summed E-state index contributed by atoms with van der Waals surface area (Å²) >= 11 is 6.43. The third-order valence-corrected chi connectivity index (χ3v) is 6.16. The van der Waals surface area contributed by atoms with Gasteiger partial charge in [0.25, 0.3) is 11.8 Å². The van der Waals surface area contributed by atoms with Gasteiger partial charge in [0.2, 0.25) is 0 Å². The molecule has 0 bridgehead atoms. The van der Waals surface area contributed by atoms with Crippen molar-refractivity contribution in [3.63, 3.8) is 0 Å². The lowest BCUT2D eigenvalue weighted by molar-refractivity contribution is 0.0880. The van der Waals surface area contributed by atoms with Gasteiger partial charge in [-0.25, -0.2) is 0 Å². The average molecular weight is 486 g/mol. The number of aryl methyl sites for hydroxylation is 1. The number of nitrogens with two attached hydrogens (primary N) is 1. The number of aromatic nitrogens is 1. The number of carbonyl (C=O) groups excluding carboxylic acids is 2. The van der Waals surface area contributed by atoms with Crippen molar-refractivity contribution in [1.29, 1.82) is 0 Å². The highest BCUT2D eigenvalue weighted by molar-refractivity contribution is 6.36. The number of fused-ring (bicyclic) bond motifs is 5. The number of nitrogens with one attached hydrogen (secondary N) is 1. The van der Waals surface area contributed by atoms with E-state index >= 15 is 0 Å². The fourth-order valence-electron chi connectivity index (χ4n) is 4.34. The van der Waals surface area contributed by atoms with Gasteiger partial charge in [0.15, 0.2) is 11.5 Å². The zero-order valence-electron chi connectivity index (χ0n) is 17.6. The van der Waals surface area contributed by atoms with Gasteiger partial charge < -0.3 is 20.1 Å². The van der Waals surface area contributed by atoms with E-state index in [9.17, 15) is 14.7 Å². The molecular weight excluding hydrogens is 465 g/mol. The summed E-state index contributed by atoms with van der Waals surface area (Å²) in [5, 5.41) is 14.7. The lowest BCUT2D eigenvalue weighted by Gasteiger charge is -2.10. The van der Waals surface area contributed by atoms with Crippen LogP contribution in [-0.4, -0.2) is 34.6 Å². The second-order valence-corrected chi connectivity index (χ2v) is 8.13. The molecule has 1 aromatic heterocycles. The van der Waals surface area contributed by atoms with Crippen LogP contribution >= 0.6 is 24.0 Å². The first-order valence-corrected chi connectivity index (χ1v) is 10.6. The number of halogens is 2. The molecule has 9 heteroatoms. The largest absolute Gasteiger partial charge is 0.504 e. The van der Waals surface area contributed by atoms with E-state index < -0.39 is 11.8 Å². The highest BCUT2D eigenvalue weighted by Crippen LogP contribution is 2.43. The molecule has 0 aliphatic carbocycles. The summed E-state index contributed by atoms with van der Waals surface area (Å²) in [6.07, 6.45) is 0.656. The van der Waals surface area contributed by atoms with Gasteiger partial charge in [0.1, 0.15) is 0 Å². The van der Waals surface area contributed by atoms with E-state index in [0.717, 1.165) is 11.0 Å². The zero-order chi connectivity index (χ0) is 22.6. The highest BCUT2D eigenvalue weighted by Gasteiger charge is 2.34. The summed E-state index contributed by atoms with van der Waals surface area (Å²) in [5.41, 5.74) is 8.82. The predicted molar refractivity (Wildman–Crippen MR) is 131 cm³/mol. The van der Waals surface area contributed by atoms with Crippen LogP contribution in [0.5, 0.6) is 11.5 Å². The van der Waals surface area contributed by atoms with E-state index in [1.807, 2.05) is 35.9 Å². The number of aromatic hydroxyl groups is 1. The third-order valence-electron chi connectivity index (χ3n) is 5.83. The molecule has 0 unspecified atom stereocenters. The standard InChI is InChI=1S/C24H20ClN3O4.ClH/c1-28-16-11-19(32-8-4-7-26)18(29)10-14(16)20-17(28)9-13(12-5-2-3-6-15(12)25)21-22(20)24(31)27-23(21)30;/h2-3,5-6,9-11,29H,4,7-8,26H2,1H3,(H,27,30,31);1H. The fraction of sp³-hybridized carbons (Fsp3) is 0.167. The number of amides is 2. The van der Waals surface area contributed by atoms with Crippen molar-refractivity contribution in [2.45, 2.75) is 6.42 Å². The van der Waals surface area contributed by atoms with Crippen LogP contribution in [0.1, 0.15) is 27.1 Å². The maximum absolute atomic E-state index is 12.9. The molecule has 2 amide bonds. The van der Waals surface area contributed by atoms with Crippen LogP contribution in [0.3, 0.4) is 0 Å². The Hall–Kier alpha value is -3.26. The van der Waals surface area contributed by atoms with Gasteiger partial charge in [-0.1, -0.05) is 29.8 Å². The molecule has 0 fully saturated rings. The molecule has 0 spiro atoms. The van der Waals surface area contributed by atoms with E-state index in [1.54, 1.807) is 18.2 Å². The number of hydrogen-bond acceptors (Lipinski definition) is 5. The van der Waals surface area contributed by atoms with Gasteiger partial charge in [0, 0.05) is 34.5 Å². The molecule has 170 valence electrons. The maximum Gasteiger partial charge on any atom is 0.259 e. The molecule has 1 aliphatic heterocycles. The summed E-state index contributed by atoms with van der Waals surface area (Å²) in [5.74, 6) is -0.653. The van der Waals surface area contributed by atoms with Gasteiger partial charge in [-0.15, -0.1) is 12.4 Å². The number of nitrogens with zero attached hydrogens (tertiary/aromatic N) is 1. The lowest BCUT2D eigenvalue weighted by atomic mass is 9.93. The molecule has 5 rings (SSSR count). The van der Waals surface area contributed by atoms with Crippen molar-refractivity contribution >= 4 is 57.6 Å². The summed E-state index contributed by atoms with van der Waals surface area (Å²) in [6, 6.07) is 12.4. The Morgan fingerprint density at radius 2 is 1.79 bits per heavy atom. The first-order valence-electron chi connectivity index (χ1n) is 10.2. The first-order chi connectivity index (χ1) is 15.4. The minimum absolute atomic E-state index is 0. The number of benzene rings is 3. The van der Waals surface area contributed by atoms with Crippen LogP contribution in [0.25, 0.3) is 32.9 Å². The number of hydrogen-bond donors (Lipinski definition) is 3.